The van der Waals surface area contributed by atoms with Gasteiger partial charge in [0.25, 0.3) is 0 Å². The van der Waals surface area contributed by atoms with Gasteiger partial charge in [-0.1, -0.05) is 66.7 Å². The average molecular weight is 212 g/mol. The third-order valence-corrected chi connectivity index (χ3v) is 3.81. The lowest BCUT2D eigenvalue weighted by Gasteiger charge is -2.34. The fourth-order valence-corrected chi connectivity index (χ4v) is 2.68. The van der Waals surface area contributed by atoms with E-state index in [0.29, 0.717) is 5.41 Å². The molecule has 0 aliphatic rings. The van der Waals surface area contributed by atoms with E-state index in [9.17, 15) is 0 Å². The van der Waals surface area contributed by atoms with E-state index in [1.54, 1.807) is 0 Å². The van der Waals surface area contributed by atoms with E-state index in [4.69, 9.17) is 0 Å². The molecule has 92 valence electrons. The van der Waals surface area contributed by atoms with Crippen LogP contribution >= 0.6 is 0 Å². The van der Waals surface area contributed by atoms with Crippen LogP contribution in [0.4, 0.5) is 0 Å². The molecule has 0 amide bonds. The summed E-state index contributed by atoms with van der Waals surface area (Å²) in [7, 11) is 0. The Bertz CT molecular complexity index is 127. The van der Waals surface area contributed by atoms with Gasteiger partial charge < -0.3 is 0 Å². The van der Waals surface area contributed by atoms with E-state index in [1.807, 2.05) is 0 Å². The van der Waals surface area contributed by atoms with Crippen molar-refractivity contribution in [3.63, 3.8) is 0 Å². The second-order valence-electron chi connectivity index (χ2n) is 5.72. The van der Waals surface area contributed by atoms with Gasteiger partial charge in [0.1, 0.15) is 0 Å². The molecule has 0 aliphatic carbocycles. The minimum Gasteiger partial charge on any atom is -0.0654 e. The molecule has 0 saturated heterocycles. The lowest BCUT2D eigenvalue weighted by Crippen LogP contribution is -2.24. The van der Waals surface area contributed by atoms with Crippen LogP contribution in [0.3, 0.4) is 0 Å². The predicted octanol–water partition coefficient (Wildman–Crippen LogP) is 5.81. The number of hydrogen-bond donors (Lipinski definition) is 0. The molecule has 0 bridgehead atoms. The maximum absolute atomic E-state index is 2.48. The Balaban J connectivity index is 4.17. The van der Waals surface area contributed by atoms with Crippen LogP contribution in [0.25, 0.3) is 0 Å². The largest absolute Gasteiger partial charge is 0.0654 e. The molecule has 0 aliphatic heterocycles. The smallest absolute Gasteiger partial charge is 0.0326 e. The Morgan fingerprint density at radius 2 is 1.27 bits per heavy atom. The first-order valence-corrected chi connectivity index (χ1v) is 7.08. The Kier molecular flexibility index (Phi) is 8.19. The maximum atomic E-state index is 2.48. The van der Waals surface area contributed by atoms with E-state index in [-0.39, 0.29) is 0 Å². The minimum absolute atomic E-state index is 0.569. The van der Waals surface area contributed by atoms with Crippen molar-refractivity contribution in [2.75, 3.05) is 0 Å². The Labute approximate surface area is 97.8 Å². The normalized spacial score (nSPS) is 12.4. The number of rotatable bonds is 9. The summed E-state index contributed by atoms with van der Waals surface area (Å²) in [6.07, 6.45) is 11.2. The molecule has 0 nitrogen and oxygen atoms in total. The molecule has 0 spiro atoms. The summed E-state index contributed by atoms with van der Waals surface area (Å²) in [5.41, 5.74) is 0.569. The van der Waals surface area contributed by atoms with Crippen molar-refractivity contribution < 1.29 is 0 Å². The molecule has 0 fully saturated rings. The van der Waals surface area contributed by atoms with Gasteiger partial charge in [0, 0.05) is 0 Å². The third-order valence-electron chi connectivity index (χ3n) is 3.81. The molecular formula is C15H32. The molecule has 0 unspecified atom stereocenters. The molecule has 0 atom stereocenters. The molecule has 0 heteroatoms. The van der Waals surface area contributed by atoms with Crippen molar-refractivity contribution in [1.29, 1.82) is 0 Å². The fourth-order valence-electron chi connectivity index (χ4n) is 2.68. The molecule has 0 N–H and O–H groups in total. The van der Waals surface area contributed by atoms with Crippen LogP contribution in [0, 0.1) is 11.3 Å². The molecule has 0 heterocycles. The van der Waals surface area contributed by atoms with Crippen molar-refractivity contribution in [2.45, 2.75) is 86.0 Å². The zero-order valence-electron chi connectivity index (χ0n) is 11.7. The maximum Gasteiger partial charge on any atom is -0.0326 e. The van der Waals surface area contributed by atoms with Gasteiger partial charge in [-0.05, 0) is 30.6 Å². The number of hydrogen-bond acceptors (Lipinski definition) is 0. The highest BCUT2D eigenvalue weighted by molar-refractivity contribution is 4.78. The van der Waals surface area contributed by atoms with Crippen LogP contribution in [0.1, 0.15) is 86.0 Å². The first-order chi connectivity index (χ1) is 7.08. The quantitative estimate of drug-likeness (QED) is 0.452. The summed E-state index contributed by atoms with van der Waals surface area (Å²) in [5, 5.41) is 0. The van der Waals surface area contributed by atoms with Gasteiger partial charge in [-0.3, -0.25) is 0 Å². The zero-order valence-corrected chi connectivity index (χ0v) is 11.7. The molecule has 0 aromatic carbocycles. The second kappa shape index (κ2) is 8.19. The highest BCUT2D eigenvalue weighted by atomic mass is 14.3. The van der Waals surface area contributed by atoms with Crippen LogP contribution in [0.2, 0.25) is 0 Å². The Hall–Kier alpha value is 0. The summed E-state index contributed by atoms with van der Waals surface area (Å²) in [4.78, 5) is 0. The Morgan fingerprint density at radius 1 is 0.800 bits per heavy atom. The van der Waals surface area contributed by atoms with Crippen LogP contribution in [0.5, 0.6) is 0 Å². The van der Waals surface area contributed by atoms with E-state index in [0.717, 1.165) is 5.92 Å². The summed E-state index contributed by atoms with van der Waals surface area (Å²) in [6, 6.07) is 0. The predicted molar refractivity (Wildman–Crippen MR) is 71.2 cm³/mol. The Morgan fingerprint density at radius 3 is 1.60 bits per heavy atom. The molecular weight excluding hydrogens is 180 g/mol. The van der Waals surface area contributed by atoms with Crippen LogP contribution in [-0.2, 0) is 0 Å². The molecule has 0 aromatic rings. The van der Waals surface area contributed by atoms with Crippen molar-refractivity contribution >= 4 is 0 Å². The minimum atomic E-state index is 0.569. The SMILES string of the molecule is CCCCC(CCCC)C(C)(C)CCC. The summed E-state index contributed by atoms with van der Waals surface area (Å²) in [6.45, 7) is 11.9. The highest BCUT2D eigenvalue weighted by Gasteiger charge is 2.27. The lowest BCUT2D eigenvalue weighted by molar-refractivity contribution is 0.164. The highest BCUT2D eigenvalue weighted by Crippen LogP contribution is 2.38. The zero-order chi connectivity index (χ0) is 11.7. The summed E-state index contributed by atoms with van der Waals surface area (Å²) >= 11 is 0. The average Bonchev–Trinajstić information content (AvgIpc) is 2.17. The molecule has 0 saturated carbocycles. The van der Waals surface area contributed by atoms with E-state index < -0.39 is 0 Å². The van der Waals surface area contributed by atoms with E-state index in [1.165, 1.54) is 51.4 Å². The molecule has 0 aromatic heterocycles. The molecule has 0 radical (unpaired) electrons. The van der Waals surface area contributed by atoms with Crippen LogP contribution in [0.15, 0.2) is 0 Å². The topological polar surface area (TPSA) is 0 Å². The molecule has 15 heavy (non-hydrogen) atoms. The molecule has 0 rings (SSSR count). The summed E-state index contributed by atoms with van der Waals surface area (Å²) in [5.74, 6) is 0.956. The fraction of sp³-hybridized carbons (Fsp3) is 1.00. The number of unbranched alkanes of at least 4 members (excludes halogenated alkanes) is 2. The third kappa shape index (κ3) is 6.22. The second-order valence-corrected chi connectivity index (χ2v) is 5.72. The van der Waals surface area contributed by atoms with Gasteiger partial charge in [0.05, 0.1) is 0 Å². The first-order valence-electron chi connectivity index (χ1n) is 7.08. The standard InChI is InChI=1S/C15H32/c1-6-9-11-14(12-10-7-2)15(4,5)13-8-3/h14H,6-13H2,1-5H3. The monoisotopic (exact) mass is 212 g/mol. The van der Waals surface area contributed by atoms with Gasteiger partial charge in [0.15, 0.2) is 0 Å². The van der Waals surface area contributed by atoms with Gasteiger partial charge in [0.2, 0.25) is 0 Å². The van der Waals surface area contributed by atoms with E-state index >= 15 is 0 Å². The van der Waals surface area contributed by atoms with Crippen molar-refractivity contribution in [3.8, 4) is 0 Å². The van der Waals surface area contributed by atoms with Crippen LogP contribution in [-0.4, -0.2) is 0 Å². The van der Waals surface area contributed by atoms with Gasteiger partial charge in [-0.15, -0.1) is 0 Å². The lowest BCUT2D eigenvalue weighted by atomic mass is 9.71. The van der Waals surface area contributed by atoms with Crippen molar-refractivity contribution in [1.82, 2.24) is 0 Å². The van der Waals surface area contributed by atoms with Gasteiger partial charge in [-0.25, -0.2) is 0 Å². The van der Waals surface area contributed by atoms with Crippen molar-refractivity contribution in [2.24, 2.45) is 11.3 Å². The van der Waals surface area contributed by atoms with E-state index in [2.05, 4.69) is 34.6 Å². The van der Waals surface area contributed by atoms with Crippen LogP contribution < -0.4 is 0 Å². The van der Waals surface area contributed by atoms with Gasteiger partial charge >= 0.3 is 0 Å². The van der Waals surface area contributed by atoms with Crippen molar-refractivity contribution in [3.05, 3.63) is 0 Å². The first kappa shape index (κ1) is 15.0. The summed E-state index contributed by atoms with van der Waals surface area (Å²) < 4.78 is 0. The van der Waals surface area contributed by atoms with Gasteiger partial charge in [-0.2, -0.15) is 0 Å².